The predicted octanol–water partition coefficient (Wildman–Crippen LogP) is 3.73. The number of rotatable bonds is 2. The van der Waals surface area contributed by atoms with Gasteiger partial charge in [0.15, 0.2) is 0 Å². The van der Waals surface area contributed by atoms with E-state index in [0.717, 1.165) is 6.07 Å². The van der Waals surface area contributed by atoms with Crippen molar-refractivity contribution < 1.29 is 21.6 Å². The van der Waals surface area contributed by atoms with Gasteiger partial charge in [0.05, 0.1) is 17.8 Å². The molecule has 1 aliphatic heterocycles. The lowest BCUT2D eigenvalue weighted by atomic mass is 10.1. The summed E-state index contributed by atoms with van der Waals surface area (Å²) in [5.41, 5.74) is -0.558. The molecule has 5 nitrogen and oxygen atoms in total. The normalized spacial score (nSPS) is 17.5. The number of aliphatic imine (C=N–C) groups is 1. The highest BCUT2D eigenvalue weighted by Crippen LogP contribution is 2.32. The third-order valence-electron chi connectivity index (χ3n) is 3.45. The van der Waals surface area contributed by atoms with E-state index in [1.54, 1.807) is 6.07 Å². The van der Waals surface area contributed by atoms with Crippen LogP contribution in [0.3, 0.4) is 0 Å². The van der Waals surface area contributed by atoms with Gasteiger partial charge in [0.1, 0.15) is 4.90 Å². The molecule has 2 aromatic carbocycles. The van der Waals surface area contributed by atoms with Gasteiger partial charge < -0.3 is 5.32 Å². The van der Waals surface area contributed by atoms with E-state index in [0.29, 0.717) is 10.2 Å². The van der Waals surface area contributed by atoms with E-state index in [4.69, 9.17) is 0 Å². The highest BCUT2D eigenvalue weighted by atomic mass is 79.9. The first-order chi connectivity index (χ1) is 11.7. The van der Waals surface area contributed by atoms with Gasteiger partial charge in [0, 0.05) is 4.47 Å². The molecule has 1 aliphatic rings. The molecule has 0 saturated carbocycles. The fraction of sp³-hybridized carbons (Fsp3) is 0.133. The number of fused-ring (bicyclic) bond motifs is 1. The van der Waals surface area contributed by atoms with Gasteiger partial charge in [-0.25, -0.2) is 18.1 Å². The Kier molecular flexibility index (Phi) is 4.50. The number of nitrogens with one attached hydrogen (secondary N) is 2. The molecule has 0 amide bonds. The zero-order valence-corrected chi connectivity index (χ0v) is 14.8. The van der Waals surface area contributed by atoms with Crippen LogP contribution in [0.5, 0.6) is 0 Å². The lowest BCUT2D eigenvalue weighted by Gasteiger charge is -2.21. The minimum absolute atomic E-state index is 0.0246. The topological polar surface area (TPSA) is 70.6 Å². The molecule has 2 N–H and O–H groups in total. The number of alkyl halides is 3. The van der Waals surface area contributed by atoms with Crippen molar-refractivity contribution >= 4 is 37.6 Å². The Morgan fingerprint density at radius 1 is 1.12 bits per heavy atom. The lowest BCUT2D eigenvalue weighted by molar-refractivity contribution is -0.138. The summed E-state index contributed by atoms with van der Waals surface area (Å²) in [6, 6.07) is 9.61. The van der Waals surface area contributed by atoms with Crippen molar-refractivity contribution in [1.29, 1.82) is 0 Å². The van der Waals surface area contributed by atoms with E-state index in [1.165, 1.54) is 30.3 Å². The van der Waals surface area contributed by atoms with E-state index in [-0.39, 0.29) is 23.0 Å². The summed E-state index contributed by atoms with van der Waals surface area (Å²) in [5, 5.41) is 2.77. The van der Waals surface area contributed by atoms with Crippen LogP contribution in [0, 0.1) is 0 Å². The Balaban J connectivity index is 1.91. The van der Waals surface area contributed by atoms with Gasteiger partial charge in [-0.15, -0.1) is 0 Å². The Morgan fingerprint density at radius 2 is 1.84 bits per heavy atom. The van der Waals surface area contributed by atoms with Gasteiger partial charge in [-0.3, -0.25) is 0 Å². The number of sulfonamides is 1. The maximum absolute atomic E-state index is 13.0. The fourth-order valence-corrected chi connectivity index (χ4v) is 4.01. The summed E-state index contributed by atoms with van der Waals surface area (Å²) >= 11 is 3.19. The third kappa shape index (κ3) is 3.79. The Bertz CT molecular complexity index is 959. The first-order valence-corrected chi connectivity index (χ1v) is 9.23. The van der Waals surface area contributed by atoms with Crippen LogP contribution in [0.1, 0.15) is 11.1 Å². The predicted molar refractivity (Wildman–Crippen MR) is 90.7 cm³/mol. The molecule has 25 heavy (non-hydrogen) atoms. The number of anilines is 1. The number of benzene rings is 2. The summed E-state index contributed by atoms with van der Waals surface area (Å²) in [4.78, 5) is 3.97. The summed E-state index contributed by atoms with van der Waals surface area (Å²) in [5.74, 6) is -0.133. The number of guanidine groups is 1. The summed E-state index contributed by atoms with van der Waals surface area (Å²) in [7, 11) is -3.85. The van der Waals surface area contributed by atoms with Crippen LogP contribution in [0.15, 0.2) is 56.8 Å². The standard InChI is InChI=1S/C15H11BrF3N3O2S/c16-10-5-6-12-13(7-10)25(23,24)22-14(21-12)20-8-9-3-1-2-4-11(9)15(17,18)19/h1-7H,8H2,(H2,20,21,22). The van der Waals surface area contributed by atoms with Gasteiger partial charge in [-0.05, 0) is 29.8 Å². The SMILES string of the molecule is O=S1(=O)NC(=NCc2ccccc2C(F)(F)F)Nc2ccc(Br)cc21. The first kappa shape index (κ1) is 17.7. The van der Waals surface area contributed by atoms with Crippen molar-refractivity contribution in [1.82, 2.24) is 4.72 Å². The van der Waals surface area contributed by atoms with Crippen LogP contribution in [0.4, 0.5) is 18.9 Å². The molecule has 0 fully saturated rings. The Morgan fingerprint density at radius 3 is 2.56 bits per heavy atom. The van der Waals surface area contributed by atoms with Crippen molar-refractivity contribution in [2.24, 2.45) is 4.99 Å². The number of nitrogens with zero attached hydrogens (tertiary/aromatic N) is 1. The van der Waals surface area contributed by atoms with Gasteiger partial charge in [0.25, 0.3) is 10.0 Å². The molecule has 0 unspecified atom stereocenters. The van der Waals surface area contributed by atoms with Gasteiger partial charge in [-0.1, -0.05) is 34.1 Å². The number of hydrogen-bond acceptors (Lipinski definition) is 3. The van der Waals surface area contributed by atoms with Crippen LogP contribution in [-0.2, 0) is 22.7 Å². The molecule has 0 radical (unpaired) electrons. The largest absolute Gasteiger partial charge is 0.416 e. The highest BCUT2D eigenvalue weighted by molar-refractivity contribution is 9.10. The maximum atomic E-state index is 13.0. The molecular weight excluding hydrogens is 423 g/mol. The molecule has 0 atom stereocenters. The minimum Gasteiger partial charge on any atom is -0.324 e. The van der Waals surface area contributed by atoms with Crippen molar-refractivity contribution in [3.63, 3.8) is 0 Å². The molecule has 0 spiro atoms. The third-order valence-corrected chi connectivity index (χ3v) is 5.32. The van der Waals surface area contributed by atoms with Crippen LogP contribution in [0.25, 0.3) is 0 Å². The molecule has 10 heteroatoms. The Hall–Kier alpha value is -2.07. The molecule has 0 saturated heterocycles. The first-order valence-electron chi connectivity index (χ1n) is 6.96. The van der Waals surface area contributed by atoms with Gasteiger partial charge in [-0.2, -0.15) is 13.2 Å². The van der Waals surface area contributed by atoms with Crippen molar-refractivity contribution in [3.8, 4) is 0 Å². The van der Waals surface area contributed by atoms with E-state index in [1.807, 2.05) is 0 Å². The maximum Gasteiger partial charge on any atom is 0.416 e. The minimum atomic E-state index is -4.50. The molecule has 0 bridgehead atoms. The van der Waals surface area contributed by atoms with Crippen molar-refractivity contribution in [2.45, 2.75) is 17.6 Å². The van der Waals surface area contributed by atoms with Crippen LogP contribution < -0.4 is 10.0 Å². The van der Waals surface area contributed by atoms with E-state index >= 15 is 0 Å². The molecule has 132 valence electrons. The molecule has 1 heterocycles. The quantitative estimate of drug-likeness (QED) is 0.757. The smallest absolute Gasteiger partial charge is 0.324 e. The molecule has 0 aliphatic carbocycles. The number of hydrogen-bond donors (Lipinski definition) is 2. The molecule has 3 rings (SSSR count). The van der Waals surface area contributed by atoms with Crippen LogP contribution in [-0.4, -0.2) is 14.4 Å². The van der Waals surface area contributed by atoms with Crippen molar-refractivity contribution in [3.05, 3.63) is 58.1 Å². The molecule has 0 aromatic heterocycles. The average molecular weight is 434 g/mol. The van der Waals surface area contributed by atoms with E-state index < -0.39 is 21.8 Å². The van der Waals surface area contributed by atoms with E-state index in [9.17, 15) is 21.6 Å². The van der Waals surface area contributed by atoms with Crippen LogP contribution in [0.2, 0.25) is 0 Å². The lowest BCUT2D eigenvalue weighted by Crippen LogP contribution is -2.40. The van der Waals surface area contributed by atoms with E-state index in [2.05, 4.69) is 31.0 Å². The summed E-state index contributed by atoms with van der Waals surface area (Å²) in [6.45, 7) is -0.327. The summed E-state index contributed by atoms with van der Waals surface area (Å²) in [6.07, 6.45) is -4.50. The molecular formula is C15H11BrF3N3O2S. The zero-order chi connectivity index (χ0) is 18.2. The zero-order valence-electron chi connectivity index (χ0n) is 12.4. The van der Waals surface area contributed by atoms with Crippen molar-refractivity contribution in [2.75, 3.05) is 5.32 Å². The summed E-state index contributed by atoms with van der Waals surface area (Å²) < 4.78 is 66.3. The number of halogens is 4. The highest BCUT2D eigenvalue weighted by Gasteiger charge is 2.33. The monoisotopic (exact) mass is 433 g/mol. The van der Waals surface area contributed by atoms with Gasteiger partial charge in [0.2, 0.25) is 5.96 Å². The second-order valence-electron chi connectivity index (χ2n) is 5.19. The second-order valence-corrected chi connectivity index (χ2v) is 7.76. The molecule has 2 aromatic rings. The van der Waals surface area contributed by atoms with Crippen LogP contribution >= 0.6 is 15.9 Å². The Labute approximate surface area is 150 Å². The average Bonchev–Trinajstić information content (AvgIpc) is 2.53. The van der Waals surface area contributed by atoms with Gasteiger partial charge >= 0.3 is 6.18 Å². The second kappa shape index (κ2) is 6.34. The fourth-order valence-electron chi connectivity index (χ4n) is 2.33.